The molecule has 1 saturated carbocycles. The van der Waals surface area contributed by atoms with Crippen molar-refractivity contribution in [2.24, 2.45) is 0 Å². The monoisotopic (exact) mass is 368 g/mol. The molecule has 0 bridgehead atoms. The van der Waals surface area contributed by atoms with E-state index in [9.17, 15) is 13.2 Å². The number of hydrogen-bond donors (Lipinski definition) is 1. The number of hydrogen-bond acceptors (Lipinski definition) is 4. The van der Waals surface area contributed by atoms with Gasteiger partial charge in [-0.15, -0.1) is 0 Å². The number of rotatable bonds is 7. The average Bonchev–Trinajstić information content (AvgIpc) is 2.60. The van der Waals surface area contributed by atoms with E-state index in [0.29, 0.717) is 12.3 Å². The molecule has 0 heterocycles. The molecule has 1 amide bonds. The van der Waals surface area contributed by atoms with Crippen molar-refractivity contribution in [3.63, 3.8) is 0 Å². The van der Waals surface area contributed by atoms with Crippen molar-refractivity contribution in [1.82, 2.24) is 9.62 Å². The fourth-order valence-corrected chi connectivity index (χ4v) is 5.17. The molecule has 25 heavy (non-hydrogen) atoms. The molecule has 0 aromatic heterocycles. The molecular formula is C18H28N2O4S. The van der Waals surface area contributed by atoms with Gasteiger partial charge in [0.05, 0.1) is 13.7 Å². The van der Waals surface area contributed by atoms with Gasteiger partial charge in [-0.3, -0.25) is 4.79 Å². The number of amides is 1. The van der Waals surface area contributed by atoms with E-state index in [-0.39, 0.29) is 23.4 Å². The topological polar surface area (TPSA) is 75.7 Å². The zero-order valence-corrected chi connectivity index (χ0v) is 16.1. The number of benzene rings is 1. The zero-order chi connectivity index (χ0) is 18.4. The minimum Gasteiger partial charge on any atom is -0.495 e. The van der Waals surface area contributed by atoms with E-state index in [4.69, 9.17) is 4.74 Å². The van der Waals surface area contributed by atoms with Gasteiger partial charge in [0, 0.05) is 12.6 Å². The first kappa shape index (κ1) is 19.7. The highest BCUT2D eigenvalue weighted by Crippen LogP contribution is 2.32. The van der Waals surface area contributed by atoms with Crippen LogP contribution in [0.15, 0.2) is 23.1 Å². The summed E-state index contributed by atoms with van der Waals surface area (Å²) < 4.78 is 33.4. The van der Waals surface area contributed by atoms with Crippen LogP contribution in [-0.4, -0.2) is 44.9 Å². The van der Waals surface area contributed by atoms with Crippen LogP contribution >= 0.6 is 0 Å². The molecule has 6 nitrogen and oxygen atoms in total. The van der Waals surface area contributed by atoms with Crippen molar-refractivity contribution in [3.05, 3.63) is 23.8 Å². The van der Waals surface area contributed by atoms with E-state index in [2.05, 4.69) is 5.32 Å². The van der Waals surface area contributed by atoms with E-state index >= 15 is 0 Å². The Kier molecular flexibility index (Phi) is 6.84. The van der Waals surface area contributed by atoms with E-state index in [1.54, 1.807) is 12.1 Å². The Bertz CT molecular complexity index is 697. The van der Waals surface area contributed by atoms with Crippen molar-refractivity contribution in [1.29, 1.82) is 0 Å². The number of sulfonamides is 1. The maximum Gasteiger partial charge on any atom is 0.247 e. The summed E-state index contributed by atoms with van der Waals surface area (Å²) in [6.45, 7) is 3.98. The molecule has 0 radical (unpaired) electrons. The van der Waals surface area contributed by atoms with Crippen LogP contribution < -0.4 is 10.1 Å². The second-order valence-electron chi connectivity index (χ2n) is 6.45. The first-order chi connectivity index (χ1) is 11.9. The lowest BCUT2D eigenvalue weighted by Crippen LogP contribution is -2.47. The second-order valence-corrected chi connectivity index (χ2v) is 8.31. The third-order valence-corrected chi connectivity index (χ3v) is 6.48. The van der Waals surface area contributed by atoms with Crippen LogP contribution in [0.25, 0.3) is 0 Å². The molecule has 140 valence electrons. The van der Waals surface area contributed by atoms with E-state index in [1.807, 2.05) is 19.9 Å². The van der Waals surface area contributed by atoms with Crippen molar-refractivity contribution < 1.29 is 17.9 Å². The normalized spacial score (nSPS) is 16.0. The van der Waals surface area contributed by atoms with Crippen molar-refractivity contribution in [2.45, 2.75) is 56.9 Å². The minimum absolute atomic E-state index is 0.130. The van der Waals surface area contributed by atoms with Gasteiger partial charge in [-0.25, -0.2) is 8.42 Å². The van der Waals surface area contributed by atoms with Crippen LogP contribution in [-0.2, 0) is 14.8 Å². The zero-order valence-electron chi connectivity index (χ0n) is 15.2. The Balaban J connectivity index is 2.43. The fourth-order valence-electron chi connectivity index (χ4n) is 3.29. The standard InChI is InChI=1S/C18H28N2O4S/c1-4-19-18(21)13-20(15-8-6-5-7-9-15)25(22,23)17-12-14(2)10-11-16(17)24-3/h10-12,15H,4-9,13H2,1-3H3,(H,19,21). The Labute approximate surface area is 150 Å². The Morgan fingerprint density at radius 2 is 1.96 bits per heavy atom. The highest BCUT2D eigenvalue weighted by molar-refractivity contribution is 7.89. The number of aryl methyl sites for hydroxylation is 1. The minimum atomic E-state index is -3.83. The van der Waals surface area contributed by atoms with Crippen LogP contribution in [0, 0.1) is 6.92 Å². The highest BCUT2D eigenvalue weighted by Gasteiger charge is 2.35. The number of likely N-dealkylation sites (N-methyl/N-ethyl adjacent to an activating group) is 1. The summed E-state index contributed by atoms with van der Waals surface area (Å²) in [7, 11) is -2.38. The third-order valence-electron chi connectivity index (χ3n) is 4.56. The van der Waals surface area contributed by atoms with Crippen LogP contribution in [0.4, 0.5) is 0 Å². The quantitative estimate of drug-likeness (QED) is 0.802. The SMILES string of the molecule is CCNC(=O)CN(C1CCCCC1)S(=O)(=O)c1cc(C)ccc1OC. The van der Waals surface area contributed by atoms with Gasteiger partial charge in [-0.1, -0.05) is 25.3 Å². The number of nitrogens with zero attached hydrogens (tertiary/aromatic N) is 1. The summed E-state index contributed by atoms with van der Waals surface area (Å²) in [4.78, 5) is 12.3. The summed E-state index contributed by atoms with van der Waals surface area (Å²) in [5.74, 6) is 0.0329. The molecule has 7 heteroatoms. The first-order valence-electron chi connectivity index (χ1n) is 8.83. The van der Waals surface area contributed by atoms with E-state index < -0.39 is 10.0 Å². The van der Waals surface area contributed by atoms with Crippen molar-refractivity contribution in [3.8, 4) is 5.75 Å². The maximum absolute atomic E-state index is 13.4. The maximum atomic E-state index is 13.4. The van der Waals surface area contributed by atoms with Crippen LogP contribution in [0.3, 0.4) is 0 Å². The summed E-state index contributed by atoms with van der Waals surface area (Å²) >= 11 is 0. The van der Waals surface area contributed by atoms with Crippen molar-refractivity contribution in [2.75, 3.05) is 20.2 Å². The number of nitrogens with one attached hydrogen (secondary N) is 1. The van der Waals surface area contributed by atoms with Crippen LogP contribution in [0.5, 0.6) is 5.75 Å². The number of carbonyl (C=O) groups is 1. The molecule has 0 unspecified atom stereocenters. The predicted molar refractivity (Wildman–Crippen MR) is 97.2 cm³/mol. The number of methoxy groups -OCH3 is 1. The lowest BCUT2D eigenvalue weighted by atomic mass is 9.95. The average molecular weight is 368 g/mol. The number of carbonyl (C=O) groups excluding carboxylic acids is 1. The molecule has 1 aliphatic carbocycles. The molecule has 1 fully saturated rings. The van der Waals surface area contributed by atoms with Crippen molar-refractivity contribution >= 4 is 15.9 Å². The third kappa shape index (κ3) is 4.73. The summed E-state index contributed by atoms with van der Waals surface area (Å²) in [6, 6.07) is 4.94. The van der Waals surface area contributed by atoms with Gasteiger partial charge in [0.25, 0.3) is 0 Å². The summed E-state index contributed by atoms with van der Waals surface area (Å²) in [5, 5.41) is 2.70. The van der Waals surface area contributed by atoms with E-state index in [1.165, 1.54) is 11.4 Å². The van der Waals surface area contributed by atoms with Gasteiger partial charge in [0.1, 0.15) is 10.6 Å². The molecular weight excluding hydrogens is 340 g/mol. The van der Waals surface area contributed by atoms with Gasteiger partial charge in [0.2, 0.25) is 15.9 Å². The van der Waals surface area contributed by atoms with Gasteiger partial charge in [0.15, 0.2) is 0 Å². The molecule has 1 aromatic carbocycles. The molecule has 0 saturated heterocycles. The van der Waals surface area contributed by atoms with Gasteiger partial charge >= 0.3 is 0 Å². The Morgan fingerprint density at radius 1 is 1.28 bits per heavy atom. The lowest BCUT2D eigenvalue weighted by Gasteiger charge is -2.33. The highest BCUT2D eigenvalue weighted by atomic mass is 32.2. The van der Waals surface area contributed by atoms with Gasteiger partial charge < -0.3 is 10.1 Å². The molecule has 0 spiro atoms. The fraction of sp³-hybridized carbons (Fsp3) is 0.611. The molecule has 0 aliphatic heterocycles. The van der Waals surface area contributed by atoms with Crippen LogP contribution in [0.2, 0.25) is 0 Å². The van der Waals surface area contributed by atoms with Gasteiger partial charge in [-0.05, 0) is 44.4 Å². The molecule has 1 aromatic rings. The Morgan fingerprint density at radius 3 is 2.56 bits per heavy atom. The predicted octanol–water partition coefficient (Wildman–Crippen LogP) is 2.46. The largest absolute Gasteiger partial charge is 0.495 e. The smallest absolute Gasteiger partial charge is 0.247 e. The summed E-state index contributed by atoms with van der Waals surface area (Å²) in [5.41, 5.74) is 0.834. The molecule has 1 N–H and O–H groups in total. The molecule has 1 aliphatic rings. The first-order valence-corrected chi connectivity index (χ1v) is 10.3. The lowest BCUT2D eigenvalue weighted by molar-refractivity contribution is -0.121. The van der Waals surface area contributed by atoms with E-state index in [0.717, 1.165) is 37.7 Å². The van der Waals surface area contributed by atoms with Gasteiger partial charge in [-0.2, -0.15) is 4.31 Å². The Hall–Kier alpha value is -1.60. The number of ether oxygens (including phenoxy) is 1. The second kappa shape index (κ2) is 8.67. The van der Waals surface area contributed by atoms with Crippen LogP contribution in [0.1, 0.15) is 44.6 Å². The molecule has 0 atom stereocenters. The molecule has 2 rings (SSSR count). The summed E-state index contributed by atoms with van der Waals surface area (Å²) in [6.07, 6.45) is 4.65.